The molecule has 2 heterocycles. The van der Waals surface area contributed by atoms with Crippen LogP contribution >= 0.6 is 11.8 Å². The van der Waals surface area contributed by atoms with E-state index in [1.54, 1.807) is 11.1 Å². The van der Waals surface area contributed by atoms with Gasteiger partial charge in [-0.05, 0) is 49.6 Å². The van der Waals surface area contributed by atoms with Crippen molar-refractivity contribution in [2.75, 3.05) is 20.1 Å². The zero-order valence-electron chi connectivity index (χ0n) is 13.9. The Morgan fingerprint density at radius 3 is 2.30 bits per heavy atom. The summed E-state index contributed by atoms with van der Waals surface area (Å²) in [6.07, 6.45) is 2.40. The maximum absolute atomic E-state index is 2.44. The number of benzene rings is 2. The smallest absolute Gasteiger partial charge is 0.0681 e. The van der Waals surface area contributed by atoms with E-state index >= 15 is 0 Å². The second-order valence-corrected chi connectivity index (χ2v) is 8.24. The Hall–Kier alpha value is -1.51. The maximum atomic E-state index is 2.44. The summed E-state index contributed by atoms with van der Waals surface area (Å²) in [5.41, 5.74) is 6.12. The first kappa shape index (κ1) is 15.0. The van der Waals surface area contributed by atoms with E-state index in [0.717, 1.165) is 0 Å². The number of hydrogen-bond acceptors (Lipinski definition) is 2. The molecule has 2 aromatic carbocycles. The van der Waals surface area contributed by atoms with Crippen LogP contribution in [0.1, 0.15) is 30.9 Å². The van der Waals surface area contributed by atoms with Gasteiger partial charge in [0.2, 0.25) is 0 Å². The summed E-state index contributed by atoms with van der Waals surface area (Å²) in [4.78, 5) is 3.87. The third-order valence-electron chi connectivity index (χ3n) is 5.22. The lowest BCUT2D eigenvalue weighted by molar-refractivity contribution is 0.312. The summed E-state index contributed by atoms with van der Waals surface area (Å²) < 4.78 is 0.0379. The lowest BCUT2D eigenvalue weighted by Gasteiger charge is -2.32. The Kier molecular flexibility index (Phi) is 3.82. The van der Waals surface area contributed by atoms with Gasteiger partial charge in [-0.2, -0.15) is 0 Å². The molecule has 0 spiro atoms. The Morgan fingerprint density at radius 2 is 1.57 bits per heavy atom. The van der Waals surface area contributed by atoms with Crippen LogP contribution in [-0.4, -0.2) is 25.0 Å². The Bertz CT molecular complexity index is 739. The van der Waals surface area contributed by atoms with Crippen LogP contribution in [-0.2, 0) is 4.75 Å². The van der Waals surface area contributed by atoms with E-state index in [1.807, 2.05) is 11.8 Å². The second-order valence-electron chi connectivity index (χ2n) is 6.78. The second kappa shape index (κ2) is 5.85. The molecule has 0 amide bonds. The van der Waals surface area contributed by atoms with Gasteiger partial charge in [0, 0.05) is 18.0 Å². The zero-order valence-corrected chi connectivity index (χ0v) is 14.7. The van der Waals surface area contributed by atoms with E-state index in [2.05, 4.69) is 73.5 Å². The molecule has 1 atom stereocenters. The highest BCUT2D eigenvalue weighted by Gasteiger charge is 2.41. The first-order valence-corrected chi connectivity index (χ1v) is 9.25. The van der Waals surface area contributed by atoms with Crippen molar-refractivity contribution in [1.82, 2.24) is 4.90 Å². The van der Waals surface area contributed by atoms with E-state index in [4.69, 9.17) is 0 Å². The van der Waals surface area contributed by atoms with Crippen molar-refractivity contribution >= 4 is 17.3 Å². The van der Waals surface area contributed by atoms with Crippen molar-refractivity contribution in [3.8, 4) is 0 Å². The predicted octanol–water partition coefficient (Wildman–Crippen LogP) is 5.19. The fourth-order valence-electron chi connectivity index (χ4n) is 3.92. The predicted molar refractivity (Wildman–Crippen MR) is 99.7 cm³/mol. The lowest BCUT2D eigenvalue weighted by Crippen LogP contribution is -2.28. The maximum Gasteiger partial charge on any atom is 0.0681 e. The monoisotopic (exact) mass is 321 g/mol. The van der Waals surface area contributed by atoms with Crippen molar-refractivity contribution in [2.24, 2.45) is 0 Å². The van der Waals surface area contributed by atoms with Gasteiger partial charge in [0.25, 0.3) is 0 Å². The minimum atomic E-state index is 0.0379. The number of hydrogen-bond donors (Lipinski definition) is 0. The number of fused-ring (bicyclic) bond motifs is 1. The molecule has 0 saturated carbocycles. The first-order chi connectivity index (χ1) is 11.2. The van der Waals surface area contributed by atoms with Gasteiger partial charge in [-0.3, -0.25) is 0 Å². The van der Waals surface area contributed by atoms with Crippen LogP contribution in [0.5, 0.6) is 0 Å². The molecule has 23 heavy (non-hydrogen) atoms. The first-order valence-electron chi connectivity index (χ1n) is 8.43. The third-order valence-corrected chi connectivity index (χ3v) is 6.64. The van der Waals surface area contributed by atoms with Crippen LogP contribution in [0.25, 0.3) is 5.57 Å². The third kappa shape index (κ3) is 2.54. The fraction of sp³-hybridized carbons (Fsp3) is 0.333. The molecule has 2 aromatic rings. The Labute approximate surface area is 143 Å². The Morgan fingerprint density at radius 1 is 0.913 bits per heavy atom. The van der Waals surface area contributed by atoms with Crippen LogP contribution in [0.4, 0.5) is 0 Å². The van der Waals surface area contributed by atoms with E-state index in [1.165, 1.54) is 42.0 Å². The van der Waals surface area contributed by atoms with Crippen LogP contribution < -0.4 is 0 Å². The number of piperidine rings is 1. The average Bonchev–Trinajstić information content (AvgIpc) is 2.90. The summed E-state index contributed by atoms with van der Waals surface area (Å²) in [5.74, 6) is 0. The zero-order chi connectivity index (χ0) is 15.9. The molecule has 2 aliphatic rings. The average molecular weight is 321 g/mol. The molecule has 1 saturated heterocycles. The molecule has 0 aromatic heterocycles. The van der Waals surface area contributed by atoms with Gasteiger partial charge in [0.15, 0.2) is 0 Å². The van der Waals surface area contributed by atoms with Gasteiger partial charge in [-0.25, -0.2) is 0 Å². The van der Waals surface area contributed by atoms with Gasteiger partial charge in [0.05, 0.1) is 4.75 Å². The largest absolute Gasteiger partial charge is 0.306 e. The minimum Gasteiger partial charge on any atom is -0.306 e. The van der Waals surface area contributed by atoms with Crippen molar-refractivity contribution in [3.63, 3.8) is 0 Å². The topological polar surface area (TPSA) is 3.24 Å². The number of nitrogens with zero attached hydrogens (tertiary/aromatic N) is 1. The number of thioether (sulfide) groups is 1. The van der Waals surface area contributed by atoms with Crippen molar-refractivity contribution in [1.29, 1.82) is 0 Å². The minimum absolute atomic E-state index is 0.0379. The molecule has 1 fully saturated rings. The molecule has 1 nitrogen and oxygen atoms in total. The van der Waals surface area contributed by atoms with Crippen molar-refractivity contribution < 1.29 is 0 Å². The molecule has 0 radical (unpaired) electrons. The number of rotatable bonds is 1. The molecule has 2 heteroatoms. The standard InChI is InChI=1S/C21H23NS/c1-21(17-8-4-3-5-9-17)20(16-12-14-22(2)15-13-16)18-10-6-7-11-19(18)23-21/h3-11H,12-15H2,1-2H3. The van der Waals surface area contributed by atoms with Gasteiger partial charge < -0.3 is 4.90 Å². The van der Waals surface area contributed by atoms with Gasteiger partial charge in [-0.1, -0.05) is 54.1 Å². The molecular weight excluding hydrogens is 298 g/mol. The Balaban J connectivity index is 1.89. The van der Waals surface area contributed by atoms with Crippen molar-refractivity contribution in [2.45, 2.75) is 29.4 Å². The highest BCUT2D eigenvalue weighted by molar-refractivity contribution is 8.01. The fourth-order valence-corrected chi connectivity index (χ4v) is 5.39. The quantitative estimate of drug-likeness (QED) is 0.711. The summed E-state index contributed by atoms with van der Waals surface area (Å²) >= 11 is 2.02. The van der Waals surface area contributed by atoms with Crippen LogP contribution in [0, 0.1) is 0 Å². The molecular formula is C21H23NS. The lowest BCUT2D eigenvalue weighted by atomic mass is 9.82. The van der Waals surface area contributed by atoms with Gasteiger partial charge in [-0.15, -0.1) is 11.8 Å². The highest BCUT2D eigenvalue weighted by atomic mass is 32.2. The summed E-state index contributed by atoms with van der Waals surface area (Å²) in [7, 11) is 2.23. The van der Waals surface area contributed by atoms with E-state index < -0.39 is 0 Å². The van der Waals surface area contributed by atoms with Crippen molar-refractivity contribution in [3.05, 3.63) is 71.3 Å². The molecule has 0 N–H and O–H groups in total. The van der Waals surface area contributed by atoms with E-state index in [0.29, 0.717) is 0 Å². The molecule has 1 unspecified atom stereocenters. The molecule has 0 aliphatic carbocycles. The normalized spacial score (nSPS) is 24.8. The van der Waals surface area contributed by atoms with Gasteiger partial charge >= 0.3 is 0 Å². The molecule has 2 aliphatic heterocycles. The van der Waals surface area contributed by atoms with Crippen LogP contribution in [0.15, 0.2) is 65.1 Å². The molecule has 4 rings (SSSR count). The summed E-state index contributed by atoms with van der Waals surface area (Å²) in [6.45, 7) is 4.76. The summed E-state index contributed by atoms with van der Waals surface area (Å²) in [6, 6.07) is 20.0. The van der Waals surface area contributed by atoms with E-state index in [9.17, 15) is 0 Å². The van der Waals surface area contributed by atoms with Crippen LogP contribution in [0.2, 0.25) is 0 Å². The number of likely N-dealkylation sites (tertiary alicyclic amines) is 1. The molecule has 0 bridgehead atoms. The van der Waals surface area contributed by atoms with Gasteiger partial charge in [0.1, 0.15) is 0 Å². The molecule has 118 valence electrons. The van der Waals surface area contributed by atoms with E-state index in [-0.39, 0.29) is 4.75 Å². The van der Waals surface area contributed by atoms with Crippen LogP contribution in [0.3, 0.4) is 0 Å². The summed E-state index contributed by atoms with van der Waals surface area (Å²) in [5, 5.41) is 0. The highest BCUT2D eigenvalue weighted by Crippen LogP contribution is 2.59. The SMILES string of the molecule is CN1CCC(=C2c3ccccc3SC2(C)c2ccccc2)CC1.